The fourth-order valence-corrected chi connectivity index (χ4v) is 12.7. The zero-order chi connectivity index (χ0) is 25.6. The summed E-state index contributed by atoms with van der Waals surface area (Å²) >= 11 is 0. The van der Waals surface area contributed by atoms with Gasteiger partial charge < -0.3 is 0 Å². The number of aryl methyl sites for hydroxylation is 1. The highest BCUT2D eigenvalue weighted by atomic mass is 28.3. The molecule has 0 spiro atoms. The first-order valence-electron chi connectivity index (χ1n) is 14.1. The molecule has 2 bridgehead atoms. The van der Waals surface area contributed by atoms with Crippen LogP contribution in [0.4, 0.5) is 0 Å². The molecule has 2 atom stereocenters. The average Bonchev–Trinajstić information content (AvgIpc) is 3.37. The minimum atomic E-state index is -1.34. The minimum Gasteiger partial charge on any atom is -0.0684 e. The van der Waals surface area contributed by atoms with Crippen LogP contribution in [0.5, 0.6) is 0 Å². The Morgan fingerprint density at radius 2 is 1.03 bits per heavy atom. The van der Waals surface area contributed by atoms with Gasteiger partial charge in [0.25, 0.3) is 0 Å². The van der Waals surface area contributed by atoms with Crippen LogP contribution >= 0.6 is 0 Å². The van der Waals surface area contributed by atoms with E-state index in [0.29, 0.717) is 0 Å². The maximum atomic E-state index is 2.64. The lowest BCUT2D eigenvalue weighted by Crippen LogP contribution is -2.30. The van der Waals surface area contributed by atoms with Crippen molar-refractivity contribution in [3.05, 3.63) is 120 Å². The summed E-state index contributed by atoms with van der Waals surface area (Å²) in [4.78, 5) is 0. The zero-order valence-electron chi connectivity index (χ0n) is 22.4. The van der Waals surface area contributed by atoms with E-state index >= 15 is 0 Å². The van der Waals surface area contributed by atoms with E-state index in [0.717, 1.165) is 11.1 Å². The first-order valence-corrected chi connectivity index (χ1v) is 17.3. The molecular formula is C37H32Si. The third kappa shape index (κ3) is 2.86. The van der Waals surface area contributed by atoms with Gasteiger partial charge in [-0.3, -0.25) is 0 Å². The van der Waals surface area contributed by atoms with Gasteiger partial charge in [-0.2, -0.15) is 0 Å². The molecule has 8 rings (SSSR count). The second-order valence-electron chi connectivity index (χ2n) is 12.1. The molecular weight excluding hydrogens is 472 g/mol. The highest BCUT2D eigenvalue weighted by Gasteiger charge is 2.53. The van der Waals surface area contributed by atoms with Crippen LogP contribution in [0.15, 0.2) is 103 Å². The molecule has 6 aromatic rings. The largest absolute Gasteiger partial charge is 0.0684 e. The van der Waals surface area contributed by atoms with Crippen LogP contribution in [0.25, 0.3) is 54.6 Å². The number of rotatable bonds is 2. The van der Waals surface area contributed by atoms with Gasteiger partial charge in [0.2, 0.25) is 0 Å². The molecule has 184 valence electrons. The normalized spacial score (nSPS) is 19.4. The second kappa shape index (κ2) is 7.91. The van der Waals surface area contributed by atoms with Gasteiger partial charge in [0.15, 0.2) is 0 Å². The zero-order valence-corrected chi connectivity index (χ0v) is 23.4. The third-order valence-electron chi connectivity index (χ3n) is 10.0. The quantitative estimate of drug-likeness (QED) is 0.162. The number of benzene rings is 6. The summed E-state index contributed by atoms with van der Waals surface area (Å²) in [6.07, 6.45) is 2.76. The van der Waals surface area contributed by atoms with Crippen molar-refractivity contribution in [2.75, 3.05) is 0 Å². The van der Waals surface area contributed by atoms with Gasteiger partial charge in [0, 0.05) is 0 Å². The lowest BCUT2D eigenvalue weighted by Gasteiger charge is -2.24. The Labute approximate surface area is 226 Å². The molecule has 0 radical (unpaired) electrons. The highest BCUT2D eigenvalue weighted by Crippen LogP contribution is 2.61. The molecule has 0 nitrogen and oxygen atoms in total. The van der Waals surface area contributed by atoms with Crippen LogP contribution in [-0.2, 0) is 0 Å². The molecule has 2 aliphatic heterocycles. The van der Waals surface area contributed by atoms with Crippen molar-refractivity contribution in [2.24, 2.45) is 0 Å². The molecule has 1 saturated heterocycles. The Hall–Kier alpha value is -3.68. The fourth-order valence-electron chi connectivity index (χ4n) is 8.26. The number of fused-ring (bicyclic) bond motifs is 8. The van der Waals surface area contributed by atoms with E-state index in [9.17, 15) is 0 Å². The predicted molar refractivity (Wildman–Crippen MR) is 167 cm³/mol. The Bertz CT molecular complexity index is 1870. The maximum Gasteiger partial charge on any atom is 0.0628 e. The molecule has 2 aliphatic rings. The van der Waals surface area contributed by atoms with E-state index in [1.165, 1.54) is 73.0 Å². The second-order valence-corrected chi connectivity index (χ2v) is 17.2. The molecule has 0 aromatic heterocycles. The van der Waals surface area contributed by atoms with Gasteiger partial charge in [-0.05, 0) is 102 Å². The van der Waals surface area contributed by atoms with Crippen LogP contribution < -0.4 is 0 Å². The van der Waals surface area contributed by atoms with Gasteiger partial charge in [0.05, 0.1) is 8.07 Å². The van der Waals surface area contributed by atoms with Gasteiger partial charge in [-0.25, -0.2) is 0 Å². The van der Waals surface area contributed by atoms with Crippen molar-refractivity contribution in [3.63, 3.8) is 0 Å². The minimum absolute atomic E-state index is 0.775. The standard InChI is InChI=1S/C37H32Si/c1-23-19-20-30(25-12-5-4-11-24(23)25)35-26-13-6-8-15-28(26)36(29-16-9-7-14-27(29)35)32-18-10-17-31-33-21-22-34(37(31)32)38(33,2)3/h4-20,33-34H,21-22H2,1-3H3. The summed E-state index contributed by atoms with van der Waals surface area (Å²) in [6, 6.07) is 39.1. The van der Waals surface area contributed by atoms with Crippen LogP contribution in [-0.4, -0.2) is 8.07 Å². The lowest BCUT2D eigenvalue weighted by molar-refractivity contribution is 0.719. The highest BCUT2D eigenvalue weighted by molar-refractivity contribution is 6.82. The third-order valence-corrected chi connectivity index (χ3v) is 14.8. The average molecular weight is 505 g/mol. The van der Waals surface area contributed by atoms with Crippen molar-refractivity contribution < 1.29 is 0 Å². The van der Waals surface area contributed by atoms with Gasteiger partial charge >= 0.3 is 0 Å². The van der Waals surface area contributed by atoms with Crippen molar-refractivity contribution >= 4 is 40.4 Å². The van der Waals surface area contributed by atoms with Gasteiger partial charge in [-0.1, -0.05) is 116 Å². The van der Waals surface area contributed by atoms with Crippen LogP contribution in [0, 0.1) is 6.92 Å². The summed E-state index contributed by atoms with van der Waals surface area (Å²) in [5, 5.41) is 8.13. The molecule has 2 heterocycles. The molecule has 0 aliphatic carbocycles. The van der Waals surface area contributed by atoms with Crippen molar-refractivity contribution in [1.82, 2.24) is 0 Å². The first kappa shape index (κ1) is 22.3. The van der Waals surface area contributed by atoms with Crippen molar-refractivity contribution in [3.8, 4) is 22.3 Å². The van der Waals surface area contributed by atoms with Gasteiger partial charge in [0.1, 0.15) is 0 Å². The number of hydrogen-bond acceptors (Lipinski definition) is 0. The van der Waals surface area contributed by atoms with Crippen LogP contribution in [0.1, 0.15) is 40.6 Å². The van der Waals surface area contributed by atoms with E-state index in [-0.39, 0.29) is 0 Å². The first-order chi connectivity index (χ1) is 18.6. The topological polar surface area (TPSA) is 0 Å². The van der Waals surface area contributed by atoms with Crippen molar-refractivity contribution in [1.29, 1.82) is 0 Å². The molecule has 6 aromatic carbocycles. The Kier molecular flexibility index (Phi) is 4.65. The summed E-state index contributed by atoms with van der Waals surface area (Å²) < 4.78 is 0. The lowest BCUT2D eigenvalue weighted by atomic mass is 9.80. The fraction of sp³-hybridized carbons (Fsp3) is 0.189. The maximum absolute atomic E-state index is 2.64. The van der Waals surface area contributed by atoms with E-state index in [4.69, 9.17) is 0 Å². The summed E-state index contributed by atoms with van der Waals surface area (Å²) in [5.41, 5.74) is 11.9. The molecule has 0 amide bonds. The molecule has 0 saturated carbocycles. The van der Waals surface area contributed by atoms with E-state index in [2.05, 4.69) is 123 Å². The SMILES string of the molecule is Cc1ccc(-c2c3ccccc3c(-c3cccc4c3C3CCC4[Si]3(C)C)c3ccccc23)c2ccccc12. The molecule has 2 unspecified atom stereocenters. The summed E-state index contributed by atoms with van der Waals surface area (Å²) in [5.74, 6) is 0. The summed E-state index contributed by atoms with van der Waals surface area (Å²) in [7, 11) is -1.34. The Morgan fingerprint density at radius 1 is 0.500 bits per heavy atom. The monoisotopic (exact) mass is 504 g/mol. The van der Waals surface area contributed by atoms with Crippen LogP contribution in [0.3, 0.4) is 0 Å². The Morgan fingerprint density at radius 3 is 1.66 bits per heavy atom. The molecule has 1 fully saturated rings. The number of hydrogen-bond donors (Lipinski definition) is 0. The Balaban J connectivity index is 1.53. The van der Waals surface area contributed by atoms with Crippen LogP contribution in [0.2, 0.25) is 13.1 Å². The predicted octanol–water partition coefficient (Wildman–Crippen LogP) is 10.6. The van der Waals surface area contributed by atoms with Gasteiger partial charge in [-0.15, -0.1) is 0 Å². The molecule has 0 N–H and O–H groups in total. The van der Waals surface area contributed by atoms with E-state index < -0.39 is 8.07 Å². The smallest absolute Gasteiger partial charge is 0.0628 e. The summed E-state index contributed by atoms with van der Waals surface area (Å²) in [6.45, 7) is 7.50. The molecule has 1 heteroatoms. The van der Waals surface area contributed by atoms with E-state index in [1.807, 2.05) is 0 Å². The van der Waals surface area contributed by atoms with Crippen molar-refractivity contribution in [2.45, 2.75) is 43.9 Å². The molecule has 38 heavy (non-hydrogen) atoms. The van der Waals surface area contributed by atoms with E-state index in [1.54, 1.807) is 11.1 Å².